The van der Waals surface area contributed by atoms with E-state index in [0.717, 1.165) is 11.1 Å². The molecule has 128 valence electrons. The fraction of sp³-hybridized carbons (Fsp3) is 0.263. The molecule has 0 saturated carbocycles. The molecule has 0 atom stereocenters. The zero-order chi connectivity index (χ0) is 17.4. The van der Waals surface area contributed by atoms with Crippen molar-refractivity contribution >= 4 is 11.6 Å². The van der Waals surface area contributed by atoms with Gasteiger partial charge < -0.3 is 14.8 Å². The van der Waals surface area contributed by atoms with Crippen LogP contribution in [-0.2, 0) is 13.2 Å². The molecule has 24 heavy (non-hydrogen) atoms. The molecule has 0 radical (unpaired) electrons. The Morgan fingerprint density at radius 3 is 2.54 bits per heavy atom. The molecule has 2 aromatic rings. The Balaban J connectivity index is 2.13. The number of nitrogens with one attached hydrogen (secondary N) is 1. The third-order valence-corrected chi connectivity index (χ3v) is 3.68. The van der Waals surface area contributed by atoms with Crippen molar-refractivity contribution in [3.63, 3.8) is 0 Å². The van der Waals surface area contributed by atoms with Gasteiger partial charge >= 0.3 is 0 Å². The van der Waals surface area contributed by atoms with Gasteiger partial charge in [-0.3, -0.25) is 0 Å². The summed E-state index contributed by atoms with van der Waals surface area (Å²) in [5, 5.41) is 3.81. The summed E-state index contributed by atoms with van der Waals surface area (Å²) < 4.78 is 24.4. The van der Waals surface area contributed by atoms with Gasteiger partial charge in [0, 0.05) is 24.2 Å². The van der Waals surface area contributed by atoms with Gasteiger partial charge in [0.15, 0.2) is 11.5 Å². The normalized spacial score (nSPS) is 10.5. The Morgan fingerprint density at radius 1 is 1.17 bits per heavy atom. The summed E-state index contributed by atoms with van der Waals surface area (Å²) in [6.07, 6.45) is 1.79. The lowest BCUT2D eigenvalue weighted by molar-refractivity contribution is 0.269. The van der Waals surface area contributed by atoms with E-state index in [1.54, 1.807) is 24.3 Å². The highest BCUT2D eigenvalue weighted by atomic mass is 35.5. The molecule has 0 unspecified atom stereocenters. The number of rotatable bonds is 9. The molecule has 0 aliphatic rings. The van der Waals surface area contributed by atoms with Crippen LogP contribution >= 0.6 is 11.6 Å². The molecule has 0 saturated heterocycles. The van der Waals surface area contributed by atoms with Crippen LogP contribution in [0.3, 0.4) is 0 Å². The van der Waals surface area contributed by atoms with Crippen molar-refractivity contribution in [3.05, 3.63) is 71.0 Å². The minimum absolute atomic E-state index is 0.270. The molecule has 3 nitrogen and oxygen atoms in total. The molecule has 0 heterocycles. The SMILES string of the molecule is C=CCNCc1cc(OCC)c(OCc2ccc(F)cc2)cc1Cl. The van der Waals surface area contributed by atoms with Crippen LogP contribution < -0.4 is 14.8 Å². The van der Waals surface area contributed by atoms with Gasteiger partial charge in [-0.25, -0.2) is 4.39 Å². The van der Waals surface area contributed by atoms with E-state index in [-0.39, 0.29) is 5.82 Å². The van der Waals surface area contributed by atoms with Crippen LogP contribution in [0.5, 0.6) is 11.5 Å². The van der Waals surface area contributed by atoms with Crippen molar-refractivity contribution in [2.45, 2.75) is 20.1 Å². The van der Waals surface area contributed by atoms with Crippen LogP contribution in [0.15, 0.2) is 49.1 Å². The number of halogens is 2. The second kappa shape index (κ2) is 9.30. The maximum absolute atomic E-state index is 12.9. The molecular weight excluding hydrogens is 329 g/mol. The highest BCUT2D eigenvalue weighted by Gasteiger charge is 2.11. The van der Waals surface area contributed by atoms with Crippen molar-refractivity contribution in [3.8, 4) is 11.5 Å². The van der Waals surface area contributed by atoms with Crippen molar-refractivity contribution < 1.29 is 13.9 Å². The smallest absolute Gasteiger partial charge is 0.163 e. The minimum Gasteiger partial charge on any atom is -0.490 e. The summed E-state index contributed by atoms with van der Waals surface area (Å²) in [6.45, 7) is 7.72. The fourth-order valence-corrected chi connectivity index (χ4v) is 2.36. The van der Waals surface area contributed by atoms with E-state index in [4.69, 9.17) is 21.1 Å². The monoisotopic (exact) mass is 349 g/mol. The second-order valence-electron chi connectivity index (χ2n) is 5.16. The molecule has 0 aliphatic heterocycles. The van der Waals surface area contributed by atoms with E-state index >= 15 is 0 Å². The third-order valence-electron chi connectivity index (χ3n) is 3.32. The standard InChI is InChI=1S/C19H21ClFNO2/c1-3-9-22-12-15-10-18(23-4-2)19(11-17(15)20)24-13-14-5-7-16(21)8-6-14/h3,5-8,10-11,22H,1,4,9,12-13H2,2H3. The molecule has 0 aromatic heterocycles. The number of benzene rings is 2. The summed E-state index contributed by atoms with van der Waals surface area (Å²) >= 11 is 6.33. The average Bonchev–Trinajstić information content (AvgIpc) is 2.58. The van der Waals surface area contributed by atoms with Gasteiger partial charge in [0.1, 0.15) is 12.4 Å². The summed E-state index contributed by atoms with van der Waals surface area (Å²) in [6, 6.07) is 9.81. The molecule has 5 heteroatoms. The fourth-order valence-electron chi connectivity index (χ4n) is 2.14. The van der Waals surface area contributed by atoms with Crippen LogP contribution in [-0.4, -0.2) is 13.2 Å². The Morgan fingerprint density at radius 2 is 1.88 bits per heavy atom. The van der Waals surface area contributed by atoms with Gasteiger partial charge in [-0.2, -0.15) is 0 Å². The van der Waals surface area contributed by atoms with E-state index in [0.29, 0.717) is 42.8 Å². The van der Waals surface area contributed by atoms with Gasteiger partial charge in [-0.05, 0) is 36.2 Å². The van der Waals surface area contributed by atoms with Crippen molar-refractivity contribution in [2.75, 3.05) is 13.2 Å². The van der Waals surface area contributed by atoms with Crippen molar-refractivity contribution in [2.24, 2.45) is 0 Å². The van der Waals surface area contributed by atoms with E-state index in [1.165, 1.54) is 12.1 Å². The summed E-state index contributed by atoms with van der Waals surface area (Å²) in [4.78, 5) is 0. The summed E-state index contributed by atoms with van der Waals surface area (Å²) in [5.74, 6) is 0.936. The maximum Gasteiger partial charge on any atom is 0.163 e. The van der Waals surface area contributed by atoms with E-state index in [2.05, 4.69) is 11.9 Å². The number of ether oxygens (including phenoxy) is 2. The maximum atomic E-state index is 12.9. The predicted molar refractivity (Wildman–Crippen MR) is 95.3 cm³/mol. The Kier molecular flexibility index (Phi) is 7.09. The first kappa shape index (κ1) is 18.3. The van der Waals surface area contributed by atoms with Gasteiger partial charge in [0.05, 0.1) is 6.61 Å². The Labute approximate surface area is 147 Å². The molecule has 1 N–H and O–H groups in total. The van der Waals surface area contributed by atoms with Crippen LogP contribution in [0, 0.1) is 5.82 Å². The largest absolute Gasteiger partial charge is 0.490 e. The Bertz CT molecular complexity index is 674. The van der Waals surface area contributed by atoms with Gasteiger partial charge in [0.25, 0.3) is 0 Å². The van der Waals surface area contributed by atoms with E-state index < -0.39 is 0 Å². The van der Waals surface area contributed by atoms with Gasteiger partial charge in [-0.15, -0.1) is 6.58 Å². The highest BCUT2D eigenvalue weighted by Crippen LogP contribution is 2.34. The minimum atomic E-state index is -0.270. The van der Waals surface area contributed by atoms with E-state index in [9.17, 15) is 4.39 Å². The lowest BCUT2D eigenvalue weighted by Crippen LogP contribution is -2.13. The summed E-state index contributed by atoms with van der Waals surface area (Å²) in [5.41, 5.74) is 1.79. The lowest BCUT2D eigenvalue weighted by Gasteiger charge is -2.15. The topological polar surface area (TPSA) is 30.5 Å². The first-order valence-electron chi connectivity index (χ1n) is 7.78. The predicted octanol–water partition coefficient (Wildman–Crippen LogP) is 4.73. The first-order chi connectivity index (χ1) is 11.6. The molecule has 0 aliphatic carbocycles. The molecule has 2 aromatic carbocycles. The molecule has 0 amide bonds. The Hall–Kier alpha value is -2.04. The number of hydrogen-bond donors (Lipinski definition) is 1. The molecule has 0 spiro atoms. The molecule has 0 fully saturated rings. The van der Waals surface area contributed by atoms with Crippen LogP contribution in [0.25, 0.3) is 0 Å². The quantitative estimate of drug-likeness (QED) is 0.524. The van der Waals surface area contributed by atoms with E-state index in [1.807, 2.05) is 13.0 Å². The number of hydrogen-bond acceptors (Lipinski definition) is 3. The second-order valence-corrected chi connectivity index (χ2v) is 5.57. The average molecular weight is 350 g/mol. The van der Waals surface area contributed by atoms with Crippen LogP contribution in [0.4, 0.5) is 4.39 Å². The first-order valence-corrected chi connectivity index (χ1v) is 8.16. The zero-order valence-corrected chi connectivity index (χ0v) is 14.4. The lowest BCUT2D eigenvalue weighted by atomic mass is 10.2. The van der Waals surface area contributed by atoms with Gasteiger partial charge in [0.2, 0.25) is 0 Å². The van der Waals surface area contributed by atoms with Gasteiger partial charge in [-0.1, -0.05) is 29.8 Å². The van der Waals surface area contributed by atoms with Crippen LogP contribution in [0.1, 0.15) is 18.1 Å². The molecule has 0 bridgehead atoms. The summed E-state index contributed by atoms with van der Waals surface area (Å²) in [7, 11) is 0. The third kappa shape index (κ3) is 5.25. The van der Waals surface area contributed by atoms with Crippen LogP contribution in [0.2, 0.25) is 5.02 Å². The van der Waals surface area contributed by atoms with Crippen molar-refractivity contribution in [1.29, 1.82) is 0 Å². The highest BCUT2D eigenvalue weighted by molar-refractivity contribution is 6.31. The van der Waals surface area contributed by atoms with Crippen molar-refractivity contribution in [1.82, 2.24) is 5.32 Å². The zero-order valence-electron chi connectivity index (χ0n) is 13.6. The molecular formula is C19H21ClFNO2. The molecule has 2 rings (SSSR count).